The number of H-pyrrole nitrogens is 1. The van der Waals surface area contributed by atoms with Gasteiger partial charge in [-0.3, -0.25) is 14.4 Å². The number of aromatic nitrogens is 1. The van der Waals surface area contributed by atoms with Crippen LogP contribution in [0.15, 0.2) is 30.5 Å². The molecule has 210 valence electrons. The monoisotopic (exact) mass is 627 g/mol. The van der Waals surface area contributed by atoms with E-state index in [9.17, 15) is 14.4 Å². The molecular weight excluding hydrogens is 590 g/mol. The van der Waals surface area contributed by atoms with Gasteiger partial charge < -0.3 is 19.9 Å². The fourth-order valence-corrected chi connectivity index (χ4v) is 5.78. The van der Waals surface area contributed by atoms with Crippen molar-refractivity contribution in [1.82, 2.24) is 15.2 Å². The molecular formula is C24H38ClN3O4S5. The van der Waals surface area contributed by atoms with Gasteiger partial charge in [0.15, 0.2) is 5.78 Å². The van der Waals surface area contributed by atoms with Gasteiger partial charge in [-0.1, -0.05) is 19.8 Å². The summed E-state index contributed by atoms with van der Waals surface area (Å²) in [5, 5.41) is 3.54. The Bertz CT molecular complexity index is 1070. The molecule has 2 amide bonds. The Morgan fingerprint density at radius 2 is 1.76 bits per heavy atom. The van der Waals surface area contributed by atoms with Crippen molar-refractivity contribution in [3.05, 3.63) is 36.0 Å². The highest BCUT2D eigenvalue weighted by molar-refractivity contribution is 7.60. The van der Waals surface area contributed by atoms with Crippen molar-refractivity contribution >= 4 is 108 Å². The van der Waals surface area contributed by atoms with Gasteiger partial charge in [0, 0.05) is 29.2 Å². The molecule has 3 heterocycles. The highest BCUT2D eigenvalue weighted by Gasteiger charge is 2.53. The second-order valence-electron chi connectivity index (χ2n) is 9.44. The van der Waals surface area contributed by atoms with Crippen LogP contribution in [0.3, 0.4) is 0 Å². The normalized spacial score (nSPS) is 26.8. The maximum Gasteiger partial charge on any atom is 0.251 e. The maximum absolute atomic E-state index is 13.7. The Kier molecular flexibility index (Phi) is 15.0. The number of fused-ring (bicyclic) bond motifs is 2. The number of halogens is 1. The minimum Gasteiger partial charge on any atom is -0.366 e. The number of Topliss-reactive ketones (excluding diaryl/α,β-unsaturated/α-hetero) is 1. The van der Waals surface area contributed by atoms with Crippen molar-refractivity contribution in [3.63, 3.8) is 0 Å². The van der Waals surface area contributed by atoms with E-state index in [1.165, 1.54) is 0 Å². The maximum atomic E-state index is 13.7. The van der Waals surface area contributed by atoms with Crippen LogP contribution in [0.5, 0.6) is 0 Å². The van der Waals surface area contributed by atoms with Crippen LogP contribution in [0.2, 0.25) is 0 Å². The van der Waals surface area contributed by atoms with E-state index in [1.54, 1.807) is 11.0 Å². The van der Waals surface area contributed by atoms with Crippen molar-refractivity contribution in [2.24, 2.45) is 11.8 Å². The molecule has 7 nitrogen and oxygen atoms in total. The van der Waals surface area contributed by atoms with Crippen LogP contribution >= 0.6 is 79.1 Å². The van der Waals surface area contributed by atoms with Crippen LogP contribution in [-0.4, -0.2) is 64.2 Å². The van der Waals surface area contributed by atoms with Gasteiger partial charge in [0.05, 0.1) is 5.38 Å². The van der Waals surface area contributed by atoms with Gasteiger partial charge in [-0.2, -0.15) is 67.5 Å². The number of hydrogen-bond acceptors (Lipinski definition) is 4. The molecule has 37 heavy (non-hydrogen) atoms. The average molecular weight is 628 g/mol. The van der Waals surface area contributed by atoms with Crippen molar-refractivity contribution in [1.29, 1.82) is 0 Å². The highest BCUT2D eigenvalue weighted by atomic mass is 35.5. The number of carbonyl (C=O) groups is 3. The van der Waals surface area contributed by atoms with Gasteiger partial charge in [0.25, 0.3) is 5.91 Å². The third-order valence-corrected chi connectivity index (χ3v) is 7.69. The Balaban J connectivity index is 0.00000259. The third-order valence-electron chi connectivity index (χ3n) is 7.31. The van der Waals surface area contributed by atoms with Crippen molar-refractivity contribution in [3.8, 4) is 0 Å². The standard InChI is InChI=1S/C24H28ClN3O4.5H2S/c1-13-2-4-14(5-3-13)20(24(31)28-11-17(25)22-21(28)19(29)12-32-22)27-23(30)16-6-7-18-15(10-16)8-9-26-18;;;;;/h6-10,13-14,17,20-22,26H,2-5,11-12H2,1H3,(H,27,30);5*1H2/t13?,14?,17-,20-,21+,22+;;;;;/m0...../s1. The van der Waals surface area contributed by atoms with Crippen molar-refractivity contribution < 1.29 is 19.1 Å². The quantitative estimate of drug-likeness (QED) is 0.508. The van der Waals surface area contributed by atoms with Crippen LogP contribution in [0.1, 0.15) is 43.0 Å². The molecule has 4 atom stereocenters. The van der Waals surface area contributed by atoms with E-state index in [-0.39, 0.29) is 104 Å². The second-order valence-corrected chi connectivity index (χ2v) is 10.0. The number of alkyl halides is 1. The van der Waals surface area contributed by atoms with Gasteiger partial charge in [-0.05, 0) is 48.9 Å². The Morgan fingerprint density at radius 3 is 2.43 bits per heavy atom. The number of ketones is 1. The van der Waals surface area contributed by atoms with Crippen LogP contribution in [0.25, 0.3) is 10.9 Å². The van der Waals surface area contributed by atoms with E-state index in [1.807, 2.05) is 24.4 Å². The van der Waals surface area contributed by atoms with Gasteiger partial charge >= 0.3 is 0 Å². The Hall–Kier alpha value is -0.630. The van der Waals surface area contributed by atoms with Crippen LogP contribution in [-0.2, 0) is 14.3 Å². The molecule has 0 spiro atoms. The number of benzene rings is 1. The van der Waals surface area contributed by atoms with Gasteiger partial charge in [-0.25, -0.2) is 0 Å². The molecule has 3 fully saturated rings. The molecule has 0 unspecified atom stereocenters. The van der Waals surface area contributed by atoms with Crippen LogP contribution < -0.4 is 5.32 Å². The first-order valence-electron chi connectivity index (χ1n) is 11.4. The van der Waals surface area contributed by atoms with E-state index in [4.69, 9.17) is 16.3 Å². The molecule has 1 aromatic carbocycles. The summed E-state index contributed by atoms with van der Waals surface area (Å²) in [7, 11) is 0. The summed E-state index contributed by atoms with van der Waals surface area (Å²) in [4.78, 5) is 44.0. The molecule has 1 aliphatic carbocycles. The topological polar surface area (TPSA) is 91.5 Å². The van der Waals surface area contributed by atoms with E-state index in [2.05, 4.69) is 17.2 Å². The number of likely N-dealkylation sites (tertiary alicyclic amines) is 1. The molecule has 3 aliphatic rings. The SMILES string of the molecule is CC1CCC([C@H](NC(=O)c2ccc3[nH]ccc3c2)C(=O)N2C[C@H](Cl)[C@H]3OCC(=O)[C@H]32)CC1.S.S.S.S.S. The first-order chi connectivity index (χ1) is 15.4. The van der Waals surface area contributed by atoms with Gasteiger partial charge in [-0.15, -0.1) is 11.6 Å². The van der Waals surface area contributed by atoms with Crippen LogP contribution in [0, 0.1) is 11.8 Å². The lowest BCUT2D eigenvalue weighted by atomic mass is 9.78. The lowest BCUT2D eigenvalue weighted by molar-refractivity contribution is -0.139. The van der Waals surface area contributed by atoms with E-state index >= 15 is 0 Å². The van der Waals surface area contributed by atoms with E-state index < -0.39 is 23.6 Å². The second kappa shape index (κ2) is 15.2. The number of nitrogens with one attached hydrogen (secondary N) is 2. The number of hydrogen-bond donors (Lipinski definition) is 2. The summed E-state index contributed by atoms with van der Waals surface area (Å²) in [5.74, 6) is 0.0207. The fraction of sp³-hybridized carbons (Fsp3) is 0.542. The number of amides is 2. The van der Waals surface area contributed by atoms with Crippen LogP contribution in [0.4, 0.5) is 0 Å². The van der Waals surface area contributed by atoms with Gasteiger partial charge in [0.2, 0.25) is 5.91 Å². The van der Waals surface area contributed by atoms with E-state index in [0.717, 1.165) is 36.6 Å². The third kappa shape index (κ3) is 7.32. The average Bonchev–Trinajstić information content (AvgIpc) is 3.49. The van der Waals surface area contributed by atoms with Crippen molar-refractivity contribution in [2.75, 3.05) is 13.2 Å². The molecule has 2 N–H and O–H groups in total. The smallest absolute Gasteiger partial charge is 0.251 e. The lowest BCUT2D eigenvalue weighted by Crippen LogP contribution is -2.55. The van der Waals surface area contributed by atoms with Gasteiger partial charge in [0.1, 0.15) is 24.8 Å². The molecule has 1 aromatic heterocycles. The predicted octanol–water partition coefficient (Wildman–Crippen LogP) is 3.44. The van der Waals surface area contributed by atoms with Crippen molar-refractivity contribution in [2.45, 2.75) is 56.2 Å². The molecule has 13 heteroatoms. The first kappa shape index (κ1) is 36.4. The predicted molar refractivity (Wildman–Crippen MR) is 172 cm³/mol. The number of aromatic amines is 1. The summed E-state index contributed by atoms with van der Waals surface area (Å²) >= 11 is 6.41. The number of carbonyl (C=O) groups excluding carboxylic acids is 3. The Morgan fingerprint density at radius 1 is 1.08 bits per heavy atom. The molecule has 2 saturated heterocycles. The molecule has 2 aliphatic heterocycles. The zero-order chi connectivity index (χ0) is 22.4. The first-order valence-corrected chi connectivity index (χ1v) is 11.8. The molecule has 1 saturated carbocycles. The molecule has 2 aromatic rings. The minimum atomic E-state index is -0.687. The molecule has 0 radical (unpaired) electrons. The highest BCUT2D eigenvalue weighted by Crippen LogP contribution is 2.35. The molecule has 5 rings (SSSR count). The molecule has 0 bridgehead atoms. The minimum absolute atomic E-state index is 0. The summed E-state index contributed by atoms with van der Waals surface area (Å²) in [6, 6.07) is 6.01. The summed E-state index contributed by atoms with van der Waals surface area (Å²) in [6.45, 7) is 2.46. The Labute approximate surface area is 257 Å². The number of nitrogens with zero attached hydrogens (tertiary/aromatic N) is 1. The summed E-state index contributed by atoms with van der Waals surface area (Å²) < 4.78 is 5.54. The van der Waals surface area contributed by atoms with E-state index in [0.29, 0.717) is 11.5 Å². The zero-order valence-corrected chi connectivity index (χ0v) is 26.3. The number of rotatable bonds is 4. The summed E-state index contributed by atoms with van der Waals surface area (Å²) in [5.41, 5.74) is 1.46. The zero-order valence-electron chi connectivity index (χ0n) is 20.6. The summed E-state index contributed by atoms with van der Waals surface area (Å²) in [6.07, 6.45) is 5.13. The number of ether oxygens (including phenoxy) is 1. The largest absolute Gasteiger partial charge is 0.366 e. The lowest BCUT2D eigenvalue weighted by Gasteiger charge is -2.35. The fourth-order valence-electron chi connectivity index (χ4n) is 5.42.